The van der Waals surface area contributed by atoms with Crippen LogP contribution in [-0.4, -0.2) is 44.1 Å². The Kier molecular flexibility index (Phi) is 5.24. The largest absolute Gasteiger partial charge is 0.495 e. The topological polar surface area (TPSA) is 66.8 Å². The van der Waals surface area contributed by atoms with Gasteiger partial charge in [-0.2, -0.15) is 4.31 Å². The normalized spacial score (nSPS) is 16.0. The fourth-order valence-corrected chi connectivity index (χ4v) is 4.48. The second-order valence-corrected chi connectivity index (χ2v) is 7.29. The van der Waals surface area contributed by atoms with E-state index in [9.17, 15) is 8.42 Å². The average molecular weight is 313 g/mol. The van der Waals surface area contributed by atoms with Gasteiger partial charge in [-0.25, -0.2) is 8.42 Å². The maximum absolute atomic E-state index is 13.0. The summed E-state index contributed by atoms with van der Waals surface area (Å²) in [5.41, 5.74) is 0.880. The Labute approximate surface area is 126 Å². The highest BCUT2D eigenvalue weighted by Crippen LogP contribution is 2.34. The molecule has 0 atom stereocenters. The summed E-state index contributed by atoms with van der Waals surface area (Å²) in [6.07, 6.45) is 3.28. The molecule has 1 saturated carbocycles. The molecular formula is C15H23NO4S. The van der Waals surface area contributed by atoms with Gasteiger partial charge in [0.1, 0.15) is 10.6 Å². The molecule has 1 aliphatic carbocycles. The summed E-state index contributed by atoms with van der Waals surface area (Å²) in [5, 5.41) is 9.02. The molecule has 0 aliphatic heterocycles. The van der Waals surface area contributed by atoms with Crippen molar-refractivity contribution in [3.63, 3.8) is 0 Å². The van der Waals surface area contributed by atoms with Crippen LogP contribution in [0.4, 0.5) is 0 Å². The van der Waals surface area contributed by atoms with Gasteiger partial charge in [0.2, 0.25) is 10.0 Å². The number of benzene rings is 1. The highest BCUT2D eigenvalue weighted by atomic mass is 32.2. The summed E-state index contributed by atoms with van der Waals surface area (Å²) in [7, 11) is -2.12. The zero-order chi connectivity index (χ0) is 15.5. The number of aliphatic hydroxyl groups is 1. The third-order valence-corrected chi connectivity index (χ3v) is 5.90. The molecule has 1 aliphatic rings. The van der Waals surface area contributed by atoms with E-state index in [-0.39, 0.29) is 17.5 Å². The summed E-state index contributed by atoms with van der Waals surface area (Å²) < 4.78 is 32.7. The Bertz CT molecular complexity index is 581. The fourth-order valence-electron chi connectivity index (χ4n) is 2.51. The first-order valence-corrected chi connectivity index (χ1v) is 8.72. The van der Waals surface area contributed by atoms with Crippen LogP contribution in [0.15, 0.2) is 23.1 Å². The lowest BCUT2D eigenvalue weighted by molar-refractivity contribution is 0.198. The average Bonchev–Trinajstić information content (AvgIpc) is 2.41. The van der Waals surface area contributed by atoms with E-state index in [1.807, 2.05) is 13.0 Å². The van der Waals surface area contributed by atoms with Crippen LogP contribution >= 0.6 is 0 Å². The number of hydrogen-bond acceptors (Lipinski definition) is 4. The van der Waals surface area contributed by atoms with E-state index in [1.165, 1.54) is 11.4 Å². The van der Waals surface area contributed by atoms with Crippen molar-refractivity contribution >= 4 is 10.0 Å². The van der Waals surface area contributed by atoms with Gasteiger partial charge in [0.05, 0.1) is 7.11 Å². The SMILES string of the molecule is COc1ccc(C)cc1S(=O)(=O)N(CCCO)C1CCC1. The van der Waals surface area contributed by atoms with E-state index < -0.39 is 10.0 Å². The summed E-state index contributed by atoms with van der Waals surface area (Å²) in [5.74, 6) is 0.369. The minimum atomic E-state index is -3.60. The van der Waals surface area contributed by atoms with Crippen LogP contribution in [-0.2, 0) is 10.0 Å². The van der Waals surface area contributed by atoms with E-state index in [0.717, 1.165) is 24.8 Å². The summed E-state index contributed by atoms with van der Waals surface area (Å²) in [4.78, 5) is 0.217. The van der Waals surface area contributed by atoms with Crippen LogP contribution in [0.2, 0.25) is 0 Å². The molecule has 21 heavy (non-hydrogen) atoms. The van der Waals surface area contributed by atoms with E-state index in [0.29, 0.717) is 18.7 Å². The summed E-state index contributed by atoms with van der Waals surface area (Å²) in [6.45, 7) is 2.20. The molecule has 1 N–H and O–H groups in total. The quantitative estimate of drug-likeness (QED) is 0.835. The van der Waals surface area contributed by atoms with E-state index in [1.54, 1.807) is 12.1 Å². The number of methoxy groups -OCH3 is 1. The Morgan fingerprint density at radius 3 is 2.62 bits per heavy atom. The minimum absolute atomic E-state index is 0.0102. The molecular weight excluding hydrogens is 290 g/mol. The zero-order valence-corrected chi connectivity index (χ0v) is 13.4. The number of rotatable bonds is 7. The van der Waals surface area contributed by atoms with Crippen LogP contribution in [0.1, 0.15) is 31.2 Å². The van der Waals surface area contributed by atoms with Gasteiger partial charge in [-0.05, 0) is 43.9 Å². The lowest BCUT2D eigenvalue weighted by Gasteiger charge is -2.36. The molecule has 1 aromatic rings. The van der Waals surface area contributed by atoms with Gasteiger partial charge in [0.25, 0.3) is 0 Å². The second-order valence-electron chi connectivity index (χ2n) is 5.43. The van der Waals surface area contributed by atoms with E-state index in [4.69, 9.17) is 9.84 Å². The van der Waals surface area contributed by atoms with Gasteiger partial charge in [-0.3, -0.25) is 0 Å². The maximum atomic E-state index is 13.0. The fraction of sp³-hybridized carbons (Fsp3) is 0.600. The van der Waals surface area contributed by atoms with Crippen LogP contribution in [0.5, 0.6) is 5.75 Å². The van der Waals surface area contributed by atoms with E-state index in [2.05, 4.69) is 0 Å². The van der Waals surface area contributed by atoms with Gasteiger partial charge >= 0.3 is 0 Å². The van der Waals surface area contributed by atoms with Crippen LogP contribution in [0.3, 0.4) is 0 Å². The molecule has 0 radical (unpaired) electrons. The lowest BCUT2D eigenvalue weighted by Crippen LogP contribution is -2.44. The Hall–Kier alpha value is -1.11. The highest BCUT2D eigenvalue weighted by molar-refractivity contribution is 7.89. The third kappa shape index (κ3) is 3.39. The molecule has 0 unspecified atom stereocenters. The molecule has 0 aromatic heterocycles. The van der Waals surface area contributed by atoms with Crippen molar-refractivity contribution in [1.29, 1.82) is 0 Å². The minimum Gasteiger partial charge on any atom is -0.495 e. The molecule has 6 heteroatoms. The van der Waals surface area contributed by atoms with Gasteiger partial charge < -0.3 is 9.84 Å². The van der Waals surface area contributed by atoms with Crippen molar-refractivity contribution in [2.75, 3.05) is 20.3 Å². The highest BCUT2D eigenvalue weighted by Gasteiger charge is 2.36. The Balaban J connectivity index is 2.39. The molecule has 0 bridgehead atoms. The lowest BCUT2D eigenvalue weighted by atomic mass is 9.93. The molecule has 0 heterocycles. The van der Waals surface area contributed by atoms with Crippen molar-refractivity contribution in [1.82, 2.24) is 4.31 Å². The van der Waals surface area contributed by atoms with Crippen molar-refractivity contribution in [3.8, 4) is 5.75 Å². The first kappa shape index (κ1) is 16.3. The smallest absolute Gasteiger partial charge is 0.247 e. The molecule has 2 rings (SSSR count). The van der Waals surface area contributed by atoms with Crippen molar-refractivity contribution in [2.45, 2.75) is 43.5 Å². The Morgan fingerprint density at radius 1 is 1.38 bits per heavy atom. The number of sulfonamides is 1. The monoisotopic (exact) mass is 313 g/mol. The molecule has 1 aromatic carbocycles. The third-order valence-electron chi connectivity index (χ3n) is 3.92. The van der Waals surface area contributed by atoms with Gasteiger partial charge in [-0.1, -0.05) is 12.5 Å². The predicted octanol–water partition coefficient (Wildman–Crippen LogP) is 1.93. The maximum Gasteiger partial charge on any atom is 0.247 e. The Morgan fingerprint density at radius 2 is 2.10 bits per heavy atom. The van der Waals surface area contributed by atoms with E-state index >= 15 is 0 Å². The number of hydrogen-bond donors (Lipinski definition) is 1. The van der Waals surface area contributed by atoms with Crippen LogP contribution in [0.25, 0.3) is 0 Å². The molecule has 0 saturated heterocycles. The summed E-state index contributed by atoms with van der Waals surface area (Å²) in [6, 6.07) is 5.22. The molecule has 118 valence electrons. The second kappa shape index (κ2) is 6.77. The number of aryl methyl sites for hydroxylation is 1. The first-order valence-electron chi connectivity index (χ1n) is 7.28. The number of aliphatic hydroxyl groups excluding tert-OH is 1. The molecule has 0 amide bonds. The molecule has 5 nitrogen and oxygen atoms in total. The van der Waals surface area contributed by atoms with Crippen LogP contribution < -0.4 is 4.74 Å². The molecule has 1 fully saturated rings. The van der Waals surface area contributed by atoms with Crippen molar-refractivity contribution in [2.24, 2.45) is 0 Å². The standard InChI is InChI=1S/C15H23NO4S/c1-12-7-8-14(20-2)15(11-12)21(18,19)16(9-4-10-17)13-5-3-6-13/h7-8,11,13,17H,3-6,9-10H2,1-2H3. The van der Waals surface area contributed by atoms with Crippen LogP contribution in [0, 0.1) is 6.92 Å². The van der Waals surface area contributed by atoms with Gasteiger partial charge in [0.15, 0.2) is 0 Å². The van der Waals surface area contributed by atoms with Gasteiger partial charge in [-0.15, -0.1) is 0 Å². The van der Waals surface area contributed by atoms with Gasteiger partial charge in [0, 0.05) is 19.2 Å². The number of ether oxygens (including phenoxy) is 1. The first-order chi connectivity index (χ1) is 10.0. The van der Waals surface area contributed by atoms with Crippen molar-refractivity contribution < 1.29 is 18.3 Å². The predicted molar refractivity (Wildman–Crippen MR) is 81.0 cm³/mol. The summed E-state index contributed by atoms with van der Waals surface area (Å²) >= 11 is 0. The van der Waals surface area contributed by atoms with Crippen molar-refractivity contribution in [3.05, 3.63) is 23.8 Å². The number of nitrogens with zero attached hydrogens (tertiary/aromatic N) is 1. The zero-order valence-electron chi connectivity index (χ0n) is 12.6. The molecule has 0 spiro atoms.